The molecule has 1 aliphatic rings. The van der Waals surface area contributed by atoms with Gasteiger partial charge in [0, 0.05) is 7.05 Å². The molecule has 0 bridgehead atoms. The van der Waals surface area contributed by atoms with Crippen LogP contribution in [-0.4, -0.2) is 9.78 Å². The highest BCUT2D eigenvalue weighted by Crippen LogP contribution is 2.29. The van der Waals surface area contributed by atoms with Gasteiger partial charge in [-0.25, -0.2) is 0 Å². The van der Waals surface area contributed by atoms with Crippen LogP contribution in [-0.2, 0) is 13.5 Å². The minimum atomic E-state index is 0.852. The fourth-order valence-electron chi connectivity index (χ4n) is 2.43. The monoisotopic (exact) mass is 193 g/mol. The number of nitrogens with zero attached hydrogens (tertiary/aromatic N) is 2. The van der Waals surface area contributed by atoms with Crippen LogP contribution in [0.1, 0.15) is 37.8 Å². The summed E-state index contributed by atoms with van der Waals surface area (Å²) in [7, 11) is 1.97. The SMILES string of the molecule is Cn1ncc(N)c1CCC1CCCC1. The van der Waals surface area contributed by atoms with Crippen molar-refractivity contribution < 1.29 is 0 Å². The Morgan fingerprint density at radius 1 is 1.50 bits per heavy atom. The van der Waals surface area contributed by atoms with Gasteiger partial charge < -0.3 is 5.73 Å². The van der Waals surface area contributed by atoms with Crippen molar-refractivity contribution in [2.75, 3.05) is 5.73 Å². The summed E-state index contributed by atoms with van der Waals surface area (Å²) in [5.41, 5.74) is 7.90. The van der Waals surface area contributed by atoms with Gasteiger partial charge in [-0.15, -0.1) is 0 Å². The van der Waals surface area contributed by atoms with E-state index in [2.05, 4.69) is 5.10 Å². The summed E-state index contributed by atoms with van der Waals surface area (Å²) in [5.74, 6) is 0.935. The van der Waals surface area contributed by atoms with Gasteiger partial charge in [-0.2, -0.15) is 5.10 Å². The summed E-state index contributed by atoms with van der Waals surface area (Å²) in [5, 5.41) is 4.15. The highest BCUT2D eigenvalue weighted by atomic mass is 15.3. The van der Waals surface area contributed by atoms with Crippen molar-refractivity contribution in [3.63, 3.8) is 0 Å². The fourth-order valence-corrected chi connectivity index (χ4v) is 2.43. The second-order valence-corrected chi connectivity index (χ2v) is 4.36. The lowest BCUT2D eigenvalue weighted by Gasteiger charge is -2.09. The first-order valence-electron chi connectivity index (χ1n) is 5.53. The molecule has 0 aliphatic heterocycles. The summed E-state index contributed by atoms with van der Waals surface area (Å²) < 4.78 is 1.91. The van der Waals surface area contributed by atoms with Gasteiger partial charge in [0.15, 0.2) is 0 Å². The van der Waals surface area contributed by atoms with Crippen LogP contribution in [0.3, 0.4) is 0 Å². The highest BCUT2D eigenvalue weighted by molar-refractivity contribution is 5.40. The number of anilines is 1. The van der Waals surface area contributed by atoms with Crippen molar-refractivity contribution in [2.24, 2.45) is 13.0 Å². The molecule has 2 rings (SSSR count). The molecule has 14 heavy (non-hydrogen) atoms. The molecule has 0 aromatic carbocycles. The van der Waals surface area contributed by atoms with Gasteiger partial charge in [0.2, 0.25) is 0 Å². The number of rotatable bonds is 3. The van der Waals surface area contributed by atoms with Crippen molar-refractivity contribution in [3.05, 3.63) is 11.9 Å². The van der Waals surface area contributed by atoms with Crippen LogP contribution in [0.4, 0.5) is 5.69 Å². The van der Waals surface area contributed by atoms with Crippen molar-refractivity contribution >= 4 is 5.69 Å². The lowest BCUT2D eigenvalue weighted by molar-refractivity contribution is 0.494. The summed E-state index contributed by atoms with van der Waals surface area (Å²) in [6.07, 6.45) is 9.80. The maximum Gasteiger partial charge on any atom is 0.0732 e. The standard InChI is InChI=1S/C11H19N3/c1-14-11(10(12)8-13-14)7-6-9-4-2-3-5-9/h8-9H,2-7,12H2,1H3. The number of nitrogens with two attached hydrogens (primary N) is 1. The zero-order valence-electron chi connectivity index (χ0n) is 8.87. The van der Waals surface area contributed by atoms with E-state index < -0.39 is 0 Å². The second kappa shape index (κ2) is 4.03. The average molecular weight is 193 g/mol. The fraction of sp³-hybridized carbons (Fsp3) is 0.727. The Hall–Kier alpha value is -0.990. The number of nitrogen functional groups attached to an aromatic ring is 1. The predicted molar refractivity (Wildman–Crippen MR) is 57.9 cm³/mol. The number of hydrogen-bond donors (Lipinski definition) is 1. The summed E-state index contributed by atoms with van der Waals surface area (Å²) in [6.45, 7) is 0. The van der Waals surface area contributed by atoms with Crippen molar-refractivity contribution in [3.8, 4) is 0 Å². The Kier molecular flexibility index (Phi) is 2.75. The third-order valence-electron chi connectivity index (χ3n) is 3.36. The lowest BCUT2D eigenvalue weighted by atomic mass is 10.0. The molecule has 0 saturated heterocycles. The van der Waals surface area contributed by atoms with E-state index in [-0.39, 0.29) is 0 Å². The first-order chi connectivity index (χ1) is 6.77. The summed E-state index contributed by atoms with van der Waals surface area (Å²) in [4.78, 5) is 0. The first kappa shape index (κ1) is 9.56. The van der Waals surface area contributed by atoms with Crippen LogP contribution < -0.4 is 5.73 Å². The number of hydrogen-bond acceptors (Lipinski definition) is 2. The first-order valence-corrected chi connectivity index (χ1v) is 5.53. The Bertz CT molecular complexity index is 278. The molecule has 0 spiro atoms. The van der Waals surface area contributed by atoms with Gasteiger partial charge in [0.25, 0.3) is 0 Å². The van der Waals surface area contributed by atoms with Gasteiger partial charge in [-0.1, -0.05) is 25.7 Å². The van der Waals surface area contributed by atoms with E-state index in [4.69, 9.17) is 5.73 Å². The molecule has 0 unspecified atom stereocenters. The molecule has 78 valence electrons. The molecule has 1 fully saturated rings. The molecule has 0 radical (unpaired) electrons. The topological polar surface area (TPSA) is 43.8 Å². The molecular formula is C11H19N3. The normalized spacial score (nSPS) is 17.8. The molecule has 3 heteroatoms. The van der Waals surface area contributed by atoms with Crippen LogP contribution in [0, 0.1) is 5.92 Å². The largest absolute Gasteiger partial charge is 0.396 e. The van der Waals surface area contributed by atoms with Crippen LogP contribution in [0.2, 0.25) is 0 Å². The van der Waals surface area contributed by atoms with E-state index in [9.17, 15) is 0 Å². The Balaban J connectivity index is 1.90. The van der Waals surface area contributed by atoms with E-state index >= 15 is 0 Å². The van der Waals surface area contributed by atoms with Crippen molar-refractivity contribution in [1.82, 2.24) is 9.78 Å². The minimum Gasteiger partial charge on any atom is -0.396 e. The van der Waals surface area contributed by atoms with E-state index in [1.807, 2.05) is 11.7 Å². The highest BCUT2D eigenvalue weighted by Gasteiger charge is 2.16. The van der Waals surface area contributed by atoms with Gasteiger partial charge in [0.05, 0.1) is 17.6 Å². The zero-order chi connectivity index (χ0) is 9.97. The van der Waals surface area contributed by atoms with Gasteiger partial charge >= 0.3 is 0 Å². The van der Waals surface area contributed by atoms with Crippen molar-refractivity contribution in [1.29, 1.82) is 0 Å². The molecule has 1 aromatic rings. The maximum atomic E-state index is 5.84. The molecule has 1 saturated carbocycles. The number of aromatic nitrogens is 2. The molecule has 1 aromatic heterocycles. The summed E-state index contributed by atoms with van der Waals surface area (Å²) in [6, 6.07) is 0. The van der Waals surface area contributed by atoms with E-state index in [0.29, 0.717) is 0 Å². The van der Waals surface area contributed by atoms with Crippen LogP contribution >= 0.6 is 0 Å². The van der Waals surface area contributed by atoms with Crippen molar-refractivity contribution in [2.45, 2.75) is 38.5 Å². The van der Waals surface area contributed by atoms with E-state index in [1.165, 1.54) is 37.8 Å². The van der Waals surface area contributed by atoms with Gasteiger partial charge in [0.1, 0.15) is 0 Å². The number of aryl methyl sites for hydroxylation is 1. The maximum absolute atomic E-state index is 5.84. The predicted octanol–water partition coefficient (Wildman–Crippen LogP) is 2.13. The Morgan fingerprint density at radius 2 is 2.21 bits per heavy atom. The lowest BCUT2D eigenvalue weighted by Crippen LogP contribution is -2.04. The molecule has 1 heterocycles. The average Bonchev–Trinajstić information content (AvgIpc) is 2.76. The molecule has 3 nitrogen and oxygen atoms in total. The van der Waals surface area contributed by atoms with Gasteiger partial charge in [-0.3, -0.25) is 4.68 Å². The zero-order valence-corrected chi connectivity index (χ0v) is 8.87. The third-order valence-corrected chi connectivity index (χ3v) is 3.36. The van der Waals surface area contributed by atoms with Crippen LogP contribution in [0.25, 0.3) is 0 Å². The quantitative estimate of drug-likeness (QED) is 0.799. The third kappa shape index (κ3) is 1.91. The second-order valence-electron chi connectivity index (χ2n) is 4.36. The van der Waals surface area contributed by atoms with E-state index in [0.717, 1.165) is 18.0 Å². The molecule has 0 amide bonds. The van der Waals surface area contributed by atoms with Crippen LogP contribution in [0.15, 0.2) is 6.20 Å². The summed E-state index contributed by atoms with van der Waals surface area (Å²) >= 11 is 0. The molecule has 2 N–H and O–H groups in total. The Morgan fingerprint density at radius 3 is 2.79 bits per heavy atom. The molecule has 1 aliphatic carbocycles. The minimum absolute atomic E-state index is 0.852. The Labute approximate surface area is 85.3 Å². The molecule has 0 atom stereocenters. The van der Waals surface area contributed by atoms with E-state index in [1.54, 1.807) is 6.20 Å². The van der Waals surface area contributed by atoms with Crippen LogP contribution in [0.5, 0.6) is 0 Å². The van der Waals surface area contributed by atoms with Gasteiger partial charge in [-0.05, 0) is 18.8 Å². The molecular weight excluding hydrogens is 174 g/mol. The smallest absolute Gasteiger partial charge is 0.0732 e.